The number of rotatable bonds is 8. The highest BCUT2D eigenvalue weighted by Gasteiger charge is 2.38. The van der Waals surface area contributed by atoms with E-state index in [-0.39, 0.29) is 30.2 Å². The quantitative estimate of drug-likeness (QED) is 0.593. The van der Waals surface area contributed by atoms with Gasteiger partial charge in [0.1, 0.15) is 11.6 Å². The molecule has 2 aliphatic carbocycles. The zero-order valence-corrected chi connectivity index (χ0v) is 17.5. The number of H-pyrrole nitrogens is 1. The Morgan fingerprint density at radius 3 is 2.65 bits per heavy atom. The molecule has 3 fully saturated rings. The Labute approximate surface area is 180 Å². The lowest BCUT2D eigenvalue weighted by atomic mass is 10.1. The molecule has 9 nitrogen and oxygen atoms in total. The number of amides is 3. The van der Waals surface area contributed by atoms with E-state index in [0.717, 1.165) is 57.3 Å². The average Bonchev–Trinajstić information content (AvgIpc) is 3.70. The van der Waals surface area contributed by atoms with Crippen molar-refractivity contribution in [1.29, 1.82) is 0 Å². The molecular weight excluding hydrogens is 396 g/mol. The summed E-state index contributed by atoms with van der Waals surface area (Å²) in [6, 6.07) is -0.598. The first-order valence-corrected chi connectivity index (χ1v) is 11.3. The molecule has 2 saturated carbocycles. The molecule has 3 N–H and O–H groups in total. The normalized spacial score (nSPS) is 19.4. The highest BCUT2D eigenvalue weighted by Crippen LogP contribution is 2.39. The third-order valence-electron chi connectivity index (χ3n) is 6.40. The molecule has 0 radical (unpaired) electrons. The first-order valence-electron chi connectivity index (χ1n) is 11.3. The first kappa shape index (κ1) is 20.0. The minimum Gasteiger partial charge on any atom is -0.354 e. The molecule has 0 bridgehead atoms. The van der Waals surface area contributed by atoms with Crippen molar-refractivity contribution in [2.45, 2.75) is 56.9 Å². The second-order valence-corrected chi connectivity index (χ2v) is 8.89. The zero-order chi connectivity index (χ0) is 21.4. The van der Waals surface area contributed by atoms with Crippen LogP contribution in [0, 0.1) is 5.92 Å². The number of aromatic amines is 1. The van der Waals surface area contributed by atoms with Gasteiger partial charge < -0.3 is 20.5 Å². The van der Waals surface area contributed by atoms with Crippen LogP contribution in [0.1, 0.15) is 66.9 Å². The van der Waals surface area contributed by atoms with Gasteiger partial charge in [-0.3, -0.25) is 14.4 Å². The summed E-state index contributed by atoms with van der Waals surface area (Å²) >= 11 is 0. The second kappa shape index (κ2) is 8.28. The van der Waals surface area contributed by atoms with E-state index in [0.29, 0.717) is 29.1 Å². The number of carbonyl (C=O) groups is 3. The van der Waals surface area contributed by atoms with Crippen LogP contribution in [0.2, 0.25) is 0 Å². The summed E-state index contributed by atoms with van der Waals surface area (Å²) in [5.41, 5.74) is 2.45. The SMILES string of the molecule is O=C(NC(C(=O)NCCC(=O)N1CCCC1)C1CC1)c1c[nH]c2ncc(C3CC3)nc12. The Hall–Kier alpha value is -2.97. The van der Waals surface area contributed by atoms with Gasteiger partial charge in [-0.2, -0.15) is 0 Å². The molecule has 2 aromatic heterocycles. The Bertz CT molecular complexity index is 1000. The van der Waals surface area contributed by atoms with Crippen LogP contribution >= 0.6 is 0 Å². The summed E-state index contributed by atoms with van der Waals surface area (Å²) in [5, 5.41) is 5.74. The molecule has 3 aliphatic rings. The maximum absolute atomic E-state index is 13.0. The maximum Gasteiger partial charge on any atom is 0.255 e. The van der Waals surface area contributed by atoms with Crippen molar-refractivity contribution in [1.82, 2.24) is 30.5 Å². The predicted octanol–water partition coefficient (Wildman–Crippen LogP) is 1.47. The molecule has 2 aromatic rings. The third kappa shape index (κ3) is 4.40. The molecular formula is C22H28N6O3. The number of hydrogen-bond acceptors (Lipinski definition) is 5. The van der Waals surface area contributed by atoms with Crippen LogP contribution in [0.25, 0.3) is 11.2 Å². The van der Waals surface area contributed by atoms with E-state index in [1.54, 1.807) is 12.4 Å². The van der Waals surface area contributed by atoms with Gasteiger partial charge in [-0.05, 0) is 44.4 Å². The van der Waals surface area contributed by atoms with Crippen LogP contribution < -0.4 is 10.6 Å². The van der Waals surface area contributed by atoms with Crippen molar-refractivity contribution in [3.05, 3.63) is 23.7 Å². The summed E-state index contributed by atoms with van der Waals surface area (Å²) in [6.07, 6.45) is 9.79. The van der Waals surface area contributed by atoms with Gasteiger partial charge in [-0.1, -0.05) is 0 Å². The molecule has 1 atom stereocenters. The first-order chi connectivity index (χ1) is 15.1. The minimum atomic E-state index is -0.598. The van der Waals surface area contributed by atoms with Crippen LogP contribution in [0.4, 0.5) is 0 Å². The molecule has 1 aliphatic heterocycles. The largest absolute Gasteiger partial charge is 0.354 e. The van der Waals surface area contributed by atoms with E-state index >= 15 is 0 Å². The van der Waals surface area contributed by atoms with Crippen molar-refractivity contribution in [2.24, 2.45) is 5.92 Å². The van der Waals surface area contributed by atoms with E-state index in [1.165, 1.54) is 0 Å². The maximum atomic E-state index is 13.0. The standard InChI is InChI=1S/C22H28N6O3/c29-17(28-9-1-2-10-28)7-8-23-22(31)18(14-5-6-14)27-21(30)15-11-24-20-19(15)26-16(12-25-20)13-3-4-13/h11-14,18H,1-10H2,(H,23,31)(H,24,25)(H,27,30). The lowest BCUT2D eigenvalue weighted by Crippen LogP contribution is -2.48. The van der Waals surface area contributed by atoms with Crippen molar-refractivity contribution in [2.75, 3.05) is 19.6 Å². The Morgan fingerprint density at radius 2 is 1.94 bits per heavy atom. The van der Waals surface area contributed by atoms with Crippen molar-refractivity contribution < 1.29 is 14.4 Å². The number of fused-ring (bicyclic) bond motifs is 1. The van der Waals surface area contributed by atoms with Gasteiger partial charge in [0.05, 0.1) is 17.5 Å². The summed E-state index contributed by atoms with van der Waals surface area (Å²) in [7, 11) is 0. The molecule has 1 unspecified atom stereocenters. The van der Waals surface area contributed by atoms with E-state index < -0.39 is 6.04 Å². The third-order valence-corrected chi connectivity index (χ3v) is 6.40. The van der Waals surface area contributed by atoms with E-state index in [1.807, 2.05) is 4.90 Å². The van der Waals surface area contributed by atoms with Gasteiger partial charge in [-0.15, -0.1) is 0 Å². The number of carbonyl (C=O) groups excluding carboxylic acids is 3. The summed E-state index contributed by atoms with van der Waals surface area (Å²) in [5.74, 6) is 0.101. The average molecular weight is 425 g/mol. The number of nitrogens with one attached hydrogen (secondary N) is 3. The molecule has 0 spiro atoms. The second-order valence-electron chi connectivity index (χ2n) is 8.89. The fourth-order valence-corrected chi connectivity index (χ4v) is 4.23. The van der Waals surface area contributed by atoms with Gasteiger partial charge in [0, 0.05) is 38.2 Å². The lowest BCUT2D eigenvalue weighted by Gasteiger charge is -2.19. The zero-order valence-electron chi connectivity index (χ0n) is 17.5. The fraction of sp³-hybridized carbons (Fsp3) is 0.591. The van der Waals surface area contributed by atoms with Crippen LogP contribution in [-0.4, -0.2) is 63.2 Å². The predicted molar refractivity (Wildman–Crippen MR) is 113 cm³/mol. The summed E-state index contributed by atoms with van der Waals surface area (Å²) in [6.45, 7) is 1.91. The lowest BCUT2D eigenvalue weighted by molar-refractivity contribution is -0.130. The van der Waals surface area contributed by atoms with Gasteiger partial charge in [0.15, 0.2) is 5.65 Å². The molecule has 5 rings (SSSR count). The van der Waals surface area contributed by atoms with Crippen LogP contribution in [0.5, 0.6) is 0 Å². The highest BCUT2D eigenvalue weighted by molar-refractivity contribution is 6.06. The van der Waals surface area contributed by atoms with E-state index in [4.69, 9.17) is 0 Å². The smallest absolute Gasteiger partial charge is 0.255 e. The van der Waals surface area contributed by atoms with Crippen LogP contribution in [0.15, 0.2) is 12.4 Å². The minimum absolute atomic E-state index is 0.0774. The van der Waals surface area contributed by atoms with Gasteiger partial charge in [0.2, 0.25) is 11.8 Å². The fourth-order valence-electron chi connectivity index (χ4n) is 4.23. The monoisotopic (exact) mass is 424 g/mol. The van der Waals surface area contributed by atoms with Crippen molar-refractivity contribution in [3.8, 4) is 0 Å². The number of likely N-dealkylation sites (tertiary alicyclic amines) is 1. The topological polar surface area (TPSA) is 120 Å². The Kier molecular flexibility index (Phi) is 5.33. The molecule has 164 valence electrons. The molecule has 9 heteroatoms. The number of aromatic nitrogens is 3. The Morgan fingerprint density at radius 1 is 1.16 bits per heavy atom. The van der Waals surface area contributed by atoms with Crippen molar-refractivity contribution >= 4 is 28.9 Å². The van der Waals surface area contributed by atoms with E-state index in [9.17, 15) is 14.4 Å². The molecule has 3 heterocycles. The number of hydrogen-bond donors (Lipinski definition) is 3. The Balaban J connectivity index is 1.21. The molecule has 31 heavy (non-hydrogen) atoms. The van der Waals surface area contributed by atoms with Crippen molar-refractivity contribution in [3.63, 3.8) is 0 Å². The molecule has 0 aromatic carbocycles. The van der Waals surface area contributed by atoms with E-state index in [2.05, 4.69) is 25.6 Å². The summed E-state index contributed by atoms with van der Waals surface area (Å²) < 4.78 is 0. The molecule has 1 saturated heterocycles. The van der Waals surface area contributed by atoms with Crippen LogP contribution in [0.3, 0.4) is 0 Å². The van der Waals surface area contributed by atoms with Gasteiger partial charge in [-0.25, -0.2) is 9.97 Å². The summed E-state index contributed by atoms with van der Waals surface area (Å²) in [4.78, 5) is 51.8. The van der Waals surface area contributed by atoms with Gasteiger partial charge in [0.25, 0.3) is 5.91 Å². The highest BCUT2D eigenvalue weighted by atomic mass is 16.2. The van der Waals surface area contributed by atoms with Crippen LogP contribution in [-0.2, 0) is 9.59 Å². The number of nitrogens with zero attached hydrogens (tertiary/aromatic N) is 3. The van der Waals surface area contributed by atoms with Gasteiger partial charge >= 0.3 is 0 Å². The molecule has 3 amide bonds.